The molecule has 11 heavy (non-hydrogen) atoms. The zero-order valence-corrected chi connectivity index (χ0v) is 6.52. The van der Waals surface area contributed by atoms with Gasteiger partial charge in [0, 0.05) is 5.56 Å². The van der Waals surface area contributed by atoms with Gasteiger partial charge in [0.25, 0.3) is 0 Å². The molecular formula is C8H10FNO. The predicted molar refractivity (Wildman–Crippen MR) is 41.8 cm³/mol. The average Bonchev–Trinajstić information content (AvgIpc) is 1.99. The van der Waals surface area contributed by atoms with Gasteiger partial charge in [0.1, 0.15) is 5.82 Å². The third-order valence-electron chi connectivity index (χ3n) is 1.48. The molecule has 0 saturated carbocycles. The molecule has 0 aliphatic carbocycles. The SMILES string of the molecule is CONc1cccc(F)c1C. The van der Waals surface area contributed by atoms with Crippen LogP contribution < -0.4 is 5.48 Å². The van der Waals surface area contributed by atoms with E-state index in [-0.39, 0.29) is 5.82 Å². The molecular weight excluding hydrogens is 145 g/mol. The molecule has 0 atom stereocenters. The molecule has 0 aliphatic heterocycles. The summed E-state index contributed by atoms with van der Waals surface area (Å²) in [6, 6.07) is 4.79. The van der Waals surface area contributed by atoms with Gasteiger partial charge in [0.2, 0.25) is 0 Å². The molecule has 0 aliphatic rings. The minimum absolute atomic E-state index is 0.230. The molecule has 1 N–H and O–H groups in total. The lowest BCUT2D eigenvalue weighted by Gasteiger charge is -2.06. The third-order valence-corrected chi connectivity index (χ3v) is 1.48. The first kappa shape index (κ1) is 8.01. The van der Waals surface area contributed by atoms with Crippen LogP contribution >= 0.6 is 0 Å². The van der Waals surface area contributed by atoms with Crippen molar-refractivity contribution in [2.75, 3.05) is 12.6 Å². The lowest BCUT2D eigenvalue weighted by Crippen LogP contribution is -1.98. The molecule has 0 amide bonds. The number of hydrogen-bond acceptors (Lipinski definition) is 2. The van der Waals surface area contributed by atoms with Gasteiger partial charge in [-0.3, -0.25) is 10.3 Å². The smallest absolute Gasteiger partial charge is 0.128 e. The largest absolute Gasteiger partial charge is 0.279 e. The first-order chi connectivity index (χ1) is 5.25. The van der Waals surface area contributed by atoms with Gasteiger partial charge < -0.3 is 0 Å². The summed E-state index contributed by atoms with van der Waals surface area (Å²) in [5.41, 5.74) is 3.80. The second-order valence-electron chi connectivity index (χ2n) is 2.22. The van der Waals surface area contributed by atoms with E-state index >= 15 is 0 Å². The molecule has 0 spiro atoms. The minimum atomic E-state index is -0.230. The van der Waals surface area contributed by atoms with Gasteiger partial charge in [0.05, 0.1) is 12.8 Å². The van der Waals surface area contributed by atoms with E-state index in [1.54, 1.807) is 19.1 Å². The normalized spacial score (nSPS) is 9.73. The Hall–Kier alpha value is -1.09. The maximum atomic E-state index is 12.8. The monoisotopic (exact) mass is 155 g/mol. The van der Waals surface area contributed by atoms with Crippen molar-refractivity contribution in [3.63, 3.8) is 0 Å². The molecule has 0 fully saturated rings. The van der Waals surface area contributed by atoms with Crippen LogP contribution in [0.5, 0.6) is 0 Å². The number of benzene rings is 1. The second kappa shape index (κ2) is 3.34. The molecule has 0 saturated heterocycles. The molecule has 60 valence electrons. The zero-order valence-electron chi connectivity index (χ0n) is 6.52. The van der Waals surface area contributed by atoms with Crippen LogP contribution in [-0.2, 0) is 4.84 Å². The average molecular weight is 155 g/mol. The molecule has 2 nitrogen and oxygen atoms in total. The summed E-state index contributed by atoms with van der Waals surface area (Å²) >= 11 is 0. The lowest BCUT2D eigenvalue weighted by molar-refractivity contribution is 0.270. The van der Waals surface area contributed by atoms with Crippen molar-refractivity contribution in [2.24, 2.45) is 0 Å². The lowest BCUT2D eigenvalue weighted by atomic mass is 10.2. The van der Waals surface area contributed by atoms with E-state index in [4.69, 9.17) is 0 Å². The summed E-state index contributed by atoms with van der Waals surface area (Å²) in [7, 11) is 1.49. The van der Waals surface area contributed by atoms with E-state index in [0.717, 1.165) is 0 Å². The van der Waals surface area contributed by atoms with Crippen LogP contribution in [0.2, 0.25) is 0 Å². The summed E-state index contributed by atoms with van der Waals surface area (Å²) in [6.45, 7) is 1.69. The van der Waals surface area contributed by atoms with E-state index in [9.17, 15) is 4.39 Å². The molecule has 1 aromatic rings. The fourth-order valence-electron chi connectivity index (χ4n) is 0.828. The van der Waals surface area contributed by atoms with Crippen molar-refractivity contribution >= 4 is 5.69 Å². The van der Waals surface area contributed by atoms with Gasteiger partial charge in [-0.15, -0.1) is 0 Å². The fraction of sp³-hybridized carbons (Fsp3) is 0.250. The van der Waals surface area contributed by atoms with E-state index in [2.05, 4.69) is 10.3 Å². The third kappa shape index (κ3) is 1.68. The van der Waals surface area contributed by atoms with Crippen LogP contribution in [0.1, 0.15) is 5.56 Å². The van der Waals surface area contributed by atoms with E-state index in [1.807, 2.05) is 0 Å². The van der Waals surface area contributed by atoms with Crippen LogP contribution in [0.3, 0.4) is 0 Å². The molecule has 0 heterocycles. The minimum Gasteiger partial charge on any atom is -0.279 e. The van der Waals surface area contributed by atoms with Crippen molar-refractivity contribution in [3.05, 3.63) is 29.6 Å². The topological polar surface area (TPSA) is 21.3 Å². The Morgan fingerprint density at radius 2 is 2.18 bits per heavy atom. The van der Waals surface area contributed by atoms with Gasteiger partial charge in [0.15, 0.2) is 0 Å². The highest BCUT2D eigenvalue weighted by molar-refractivity contribution is 5.49. The first-order valence-corrected chi connectivity index (χ1v) is 3.30. The number of anilines is 1. The maximum Gasteiger partial charge on any atom is 0.128 e. The van der Waals surface area contributed by atoms with Crippen molar-refractivity contribution < 1.29 is 9.23 Å². The van der Waals surface area contributed by atoms with Gasteiger partial charge >= 0.3 is 0 Å². The highest BCUT2D eigenvalue weighted by Crippen LogP contribution is 2.16. The van der Waals surface area contributed by atoms with E-state index in [0.29, 0.717) is 11.3 Å². The highest BCUT2D eigenvalue weighted by Gasteiger charge is 2.00. The number of halogens is 1. The van der Waals surface area contributed by atoms with Crippen LogP contribution in [0.25, 0.3) is 0 Å². The van der Waals surface area contributed by atoms with E-state index in [1.165, 1.54) is 13.2 Å². The number of rotatable bonds is 2. The van der Waals surface area contributed by atoms with Gasteiger partial charge in [-0.25, -0.2) is 4.39 Å². The standard InChI is InChI=1S/C8H10FNO/c1-6-7(9)4-3-5-8(6)10-11-2/h3-5,10H,1-2H3. The molecule has 3 heteroatoms. The number of nitrogens with one attached hydrogen (secondary N) is 1. The molecule has 0 aromatic heterocycles. The summed E-state index contributed by atoms with van der Waals surface area (Å²) in [5.74, 6) is -0.230. The Labute approximate surface area is 64.9 Å². The Morgan fingerprint density at radius 1 is 1.45 bits per heavy atom. The first-order valence-electron chi connectivity index (χ1n) is 3.30. The summed E-state index contributed by atoms with van der Waals surface area (Å²) in [6.07, 6.45) is 0. The number of hydrogen-bond donors (Lipinski definition) is 1. The summed E-state index contributed by atoms with van der Waals surface area (Å²) < 4.78 is 12.8. The molecule has 1 rings (SSSR count). The molecule has 1 aromatic carbocycles. The van der Waals surface area contributed by atoms with Crippen LogP contribution in [0.15, 0.2) is 18.2 Å². The van der Waals surface area contributed by atoms with Crippen LogP contribution in [0, 0.1) is 12.7 Å². The second-order valence-corrected chi connectivity index (χ2v) is 2.22. The predicted octanol–water partition coefficient (Wildman–Crippen LogP) is 2.11. The molecule has 0 bridgehead atoms. The molecule has 0 radical (unpaired) electrons. The van der Waals surface area contributed by atoms with Gasteiger partial charge in [-0.1, -0.05) is 6.07 Å². The van der Waals surface area contributed by atoms with Gasteiger partial charge in [-0.05, 0) is 19.1 Å². The Bertz CT molecular complexity index is 250. The fourth-order valence-corrected chi connectivity index (χ4v) is 0.828. The van der Waals surface area contributed by atoms with Crippen molar-refractivity contribution in [3.8, 4) is 0 Å². The quantitative estimate of drug-likeness (QED) is 0.660. The maximum absolute atomic E-state index is 12.8. The van der Waals surface area contributed by atoms with Crippen LogP contribution in [-0.4, -0.2) is 7.11 Å². The van der Waals surface area contributed by atoms with E-state index < -0.39 is 0 Å². The Kier molecular flexibility index (Phi) is 2.44. The molecule has 0 unspecified atom stereocenters. The summed E-state index contributed by atoms with van der Waals surface area (Å²) in [4.78, 5) is 4.65. The Balaban J connectivity index is 2.96. The van der Waals surface area contributed by atoms with Gasteiger partial charge in [-0.2, -0.15) is 0 Å². The Morgan fingerprint density at radius 3 is 2.82 bits per heavy atom. The van der Waals surface area contributed by atoms with Crippen molar-refractivity contribution in [1.82, 2.24) is 0 Å². The summed E-state index contributed by atoms with van der Waals surface area (Å²) in [5, 5.41) is 0. The zero-order chi connectivity index (χ0) is 8.27. The highest BCUT2D eigenvalue weighted by atomic mass is 19.1. The van der Waals surface area contributed by atoms with Crippen molar-refractivity contribution in [1.29, 1.82) is 0 Å². The van der Waals surface area contributed by atoms with Crippen molar-refractivity contribution in [2.45, 2.75) is 6.92 Å². The van der Waals surface area contributed by atoms with Crippen LogP contribution in [0.4, 0.5) is 10.1 Å².